The Kier molecular flexibility index (Phi) is 5.38. The molecule has 0 radical (unpaired) electrons. The van der Waals surface area contributed by atoms with Crippen molar-refractivity contribution < 1.29 is 4.79 Å². The largest absolute Gasteiger partial charge is 0.321 e. The van der Waals surface area contributed by atoms with E-state index in [1.807, 2.05) is 61.5 Å². The number of hydrogen-bond donors (Lipinski definition) is 1. The summed E-state index contributed by atoms with van der Waals surface area (Å²) in [7, 11) is 0. The predicted molar refractivity (Wildman–Crippen MR) is 118 cm³/mol. The molecule has 0 aliphatic rings. The Morgan fingerprint density at radius 3 is 2.31 bits per heavy atom. The number of benzene rings is 3. The summed E-state index contributed by atoms with van der Waals surface area (Å²) >= 11 is 12.2. The Hall–Kier alpha value is -3.08. The molecule has 0 aliphatic heterocycles. The van der Waals surface area contributed by atoms with Gasteiger partial charge in [-0.3, -0.25) is 4.79 Å². The molecule has 1 N–H and O–H groups in total. The predicted octanol–water partition coefficient (Wildman–Crippen LogP) is 6.41. The summed E-state index contributed by atoms with van der Waals surface area (Å²) in [6, 6.07) is 24.2. The summed E-state index contributed by atoms with van der Waals surface area (Å²) in [6.07, 6.45) is 0. The molecule has 4 nitrogen and oxygen atoms in total. The zero-order valence-electron chi connectivity index (χ0n) is 15.6. The maximum absolute atomic E-state index is 13.1. The van der Waals surface area contributed by atoms with Crippen molar-refractivity contribution in [2.45, 2.75) is 6.92 Å². The number of carbonyl (C=O) groups is 1. The van der Waals surface area contributed by atoms with Crippen molar-refractivity contribution in [3.8, 4) is 16.9 Å². The highest BCUT2D eigenvalue weighted by Crippen LogP contribution is 2.27. The van der Waals surface area contributed by atoms with Crippen LogP contribution in [-0.4, -0.2) is 15.7 Å². The van der Waals surface area contributed by atoms with Gasteiger partial charge in [0, 0.05) is 11.3 Å². The van der Waals surface area contributed by atoms with E-state index in [0.717, 1.165) is 11.1 Å². The third-order valence-electron chi connectivity index (χ3n) is 4.47. The molecule has 0 atom stereocenters. The van der Waals surface area contributed by atoms with Crippen molar-refractivity contribution in [3.05, 3.63) is 100 Å². The Morgan fingerprint density at radius 1 is 0.897 bits per heavy atom. The minimum absolute atomic E-state index is 0.269. The first kappa shape index (κ1) is 19.2. The molecule has 6 heteroatoms. The number of nitrogens with one attached hydrogen (secondary N) is 1. The Balaban J connectivity index is 1.77. The summed E-state index contributed by atoms with van der Waals surface area (Å²) in [5.41, 5.74) is 4.47. The van der Waals surface area contributed by atoms with Gasteiger partial charge in [0.2, 0.25) is 0 Å². The van der Waals surface area contributed by atoms with Crippen molar-refractivity contribution in [1.29, 1.82) is 0 Å². The quantitative estimate of drug-likeness (QED) is 0.413. The zero-order chi connectivity index (χ0) is 20.4. The van der Waals surface area contributed by atoms with E-state index in [0.29, 0.717) is 32.8 Å². The van der Waals surface area contributed by atoms with Crippen LogP contribution in [0.15, 0.2) is 78.9 Å². The van der Waals surface area contributed by atoms with E-state index in [4.69, 9.17) is 23.2 Å². The van der Waals surface area contributed by atoms with E-state index in [-0.39, 0.29) is 5.91 Å². The van der Waals surface area contributed by atoms with Gasteiger partial charge in [0.15, 0.2) is 0 Å². The molecule has 1 amide bonds. The number of rotatable bonds is 4. The highest BCUT2D eigenvalue weighted by atomic mass is 35.5. The van der Waals surface area contributed by atoms with Gasteiger partial charge in [-0.2, -0.15) is 5.10 Å². The van der Waals surface area contributed by atoms with Crippen molar-refractivity contribution in [3.63, 3.8) is 0 Å². The zero-order valence-corrected chi connectivity index (χ0v) is 17.1. The lowest BCUT2D eigenvalue weighted by molar-refractivity contribution is 0.101. The first-order valence-corrected chi connectivity index (χ1v) is 9.76. The lowest BCUT2D eigenvalue weighted by Crippen LogP contribution is -2.17. The van der Waals surface area contributed by atoms with Gasteiger partial charge in [0.25, 0.3) is 5.91 Å². The topological polar surface area (TPSA) is 46.9 Å². The van der Waals surface area contributed by atoms with Crippen molar-refractivity contribution in [2.24, 2.45) is 0 Å². The second kappa shape index (κ2) is 8.11. The second-order valence-electron chi connectivity index (χ2n) is 6.61. The molecule has 0 aliphatic carbocycles. The lowest BCUT2D eigenvalue weighted by atomic mass is 10.1. The molecule has 0 bridgehead atoms. The van der Waals surface area contributed by atoms with Crippen LogP contribution in [0.1, 0.15) is 16.1 Å². The summed E-state index contributed by atoms with van der Waals surface area (Å²) in [5, 5.41) is 8.42. The molecular formula is C23H17Cl2N3O. The minimum atomic E-state index is -0.269. The maximum atomic E-state index is 13.1. The van der Waals surface area contributed by atoms with Gasteiger partial charge in [-0.05, 0) is 43.3 Å². The molecule has 144 valence electrons. The molecule has 0 saturated carbocycles. The van der Waals surface area contributed by atoms with Crippen LogP contribution in [0.3, 0.4) is 0 Å². The third kappa shape index (κ3) is 4.19. The van der Waals surface area contributed by atoms with Crippen LogP contribution in [0.2, 0.25) is 10.0 Å². The molecule has 3 aromatic carbocycles. The fourth-order valence-corrected chi connectivity index (χ4v) is 3.23. The number of nitrogens with zero attached hydrogens (tertiary/aromatic N) is 2. The third-order valence-corrected chi connectivity index (χ3v) is 5.21. The van der Waals surface area contributed by atoms with Gasteiger partial charge in [-0.1, -0.05) is 71.2 Å². The van der Waals surface area contributed by atoms with Crippen LogP contribution in [-0.2, 0) is 0 Å². The van der Waals surface area contributed by atoms with Crippen LogP contribution in [0, 0.1) is 6.92 Å². The van der Waals surface area contributed by atoms with Gasteiger partial charge in [-0.25, -0.2) is 4.68 Å². The summed E-state index contributed by atoms with van der Waals surface area (Å²) in [4.78, 5) is 13.1. The van der Waals surface area contributed by atoms with Gasteiger partial charge in [0.05, 0.1) is 21.4 Å². The van der Waals surface area contributed by atoms with Gasteiger partial charge >= 0.3 is 0 Å². The summed E-state index contributed by atoms with van der Waals surface area (Å²) in [6.45, 7) is 2.00. The van der Waals surface area contributed by atoms with Crippen LogP contribution in [0.5, 0.6) is 0 Å². The van der Waals surface area contributed by atoms with Crippen LogP contribution in [0.25, 0.3) is 16.9 Å². The molecule has 1 aromatic heterocycles. The lowest BCUT2D eigenvalue weighted by Gasteiger charge is -2.09. The van der Waals surface area contributed by atoms with E-state index < -0.39 is 0 Å². The minimum Gasteiger partial charge on any atom is -0.321 e. The molecule has 0 unspecified atom stereocenters. The Labute approximate surface area is 178 Å². The highest BCUT2D eigenvalue weighted by Gasteiger charge is 2.18. The number of halogens is 2. The number of aryl methyl sites for hydroxylation is 1. The molecular weight excluding hydrogens is 405 g/mol. The smallest absolute Gasteiger partial charge is 0.274 e. The maximum Gasteiger partial charge on any atom is 0.274 e. The fourth-order valence-electron chi connectivity index (χ4n) is 2.94. The first-order valence-electron chi connectivity index (χ1n) is 9.00. The molecule has 1 heterocycles. The van der Waals surface area contributed by atoms with E-state index in [1.54, 1.807) is 28.9 Å². The standard InChI is InChI=1S/C23H17Cl2N3O/c1-15-7-9-17(10-8-15)26-23(29)22-14-21(16-5-3-2-4-6-16)27-28(22)18-11-12-19(24)20(25)13-18/h2-14H,1H3,(H,26,29). The number of amides is 1. The number of anilines is 1. The SMILES string of the molecule is Cc1ccc(NC(=O)c2cc(-c3ccccc3)nn2-c2ccc(Cl)c(Cl)c2)cc1. The van der Waals surface area contributed by atoms with Crippen LogP contribution in [0.4, 0.5) is 5.69 Å². The van der Waals surface area contributed by atoms with Crippen LogP contribution >= 0.6 is 23.2 Å². The Bertz CT molecular complexity index is 1170. The van der Waals surface area contributed by atoms with Crippen LogP contribution < -0.4 is 5.32 Å². The van der Waals surface area contributed by atoms with Crippen molar-refractivity contribution in [1.82, 2.24) is 9.78 Å². The van der Waals surface area contributed by atoms with E-state index in [1.165, 1.54) is 0 Å². The molecule has 0 fully saturated rings. The van der Waals surface area contributed by atoms with Crippen molar-refractivity contribution in [2.75, 3.05) is 5.32 Å². The van der Waals surface area contributed by atoms with Gasteiger partial charge < -0.3 is 5.32 Å². The molecule has 0 saturated heterocycles. The Morgan fingerprint density at radius 2 is 1.62 bits per heavy atom. The summed E-state index contributed by atoms with van der Waals surface area (Å²) < 4.78 is 1.58. The second-order valence-corrected chi connectivity index (χ2v) is 7.43. The van der Waals surface area contributed by atoms with E-state index in [2.05, 4.69) is 10.4 Å². The molecule has 4 rings (SSSR count). The normalized spacial score (nSPS) is 10.7. The number of carbonyl (C=O) groups excluding carboxylic acids is 1. The van der Waals surface area contributed by atoms with Gasteiger partial charge in [0.1, 0.15) is 5.69 Å². The molecule has 0 spiro atoms. The highest BCUT2D eigenvalue weighted by molar-refractivity contribution is 6.42. The van der Waals surface area contributed by atoms with E-state index in [9.17, 15) is 4.79 Å². The monoisotopic (exact) mass is 421 g/mol. The molecule has 4 aromatic rings. The molecule has 29 heavy (non-hydrogen) atoms. The fraction of sp³-hybridized carbons (Fsp3) is 0.0435. The number of hydrogen-bond acceptors (Lipinski definition) is 2. The number of aromatic nitrogens is 2. The summed E-state index contributed by atoms with van der Waals surface area (Å²) in [5.74, 6) is -0.269. The van der Waals surface area contributed by atoms with Crippen molar-refractivity contribution >= 4 is 34.8 Å². The van der Waals surface area contributed by atoms with E-state index >= 15 is 0 Å². The first-order chi connectivity index (χ1) is 14.0. The average Bonchev–Trinajstić information content (AvgIpc) is 3.18. The van der Waals surface area contributed by atoms with Gasteiger partial charge in [-0.15, -0.1) is 0 Å². The average molecular weight is 422 g/mol.